The molecule has 0 atom stereocenters. The Bertz CT molecular complexity index is 1460. The molecule has 3 aromatic heterocycles. The molecule has 0 radical (unpaired) electrons. The van der Waals surface area contributed by atoms with E-state index in [1.807, 2.05) is 29.9 Å². The molecule has 5 heterocycles. The molecule has 6 rings (SSSR count). The van der Waals surface area contributed by atoms with Gasteiger partial charge in [-0.3, -0.25) is 4.90 Å². The van der Waals surface area contributed by atoms with Crippen LogP contribution in [0.2, 0.25) is 0 Å². The van der Waals surface area contributed by atoms with Crippen LogP contribution in [0.25, 0.3) is 22.3 Å². The number of benzene rings is 1. The Kier molecular flexibility index (Phi) is 7.09. The van der Waals surface area contributed by atoms with E-state index in [1.165, 1.54) is 6.07 Å². The van der Waals surface area contributed by atoms with Crippen LogP contribution in [0.1, 0.15) is 31.2 Å². The van der Waals surface area contributed by atoms with Gasteiger partial charge >= 0.3 is 0 Å². The Morgan fingerprint density at radius 2 is 1.64 bits per heavy atom. The van der Waals surface area contributed by atoms with E-state index < -0.39 is 11.6 Å². The number of pyridine rings is 1. The summed E-state index contributed by atoms with van der Waals surface area (Å²) in [5.74, 6) is 0.300. The second-order valence-corrected chi connectivity index (χ2v) is 10.2. The third-order valence-corrected chi connectivity index (χ3v) is 7.62. The number of piperazine rings is 1. The topological polar surface area (TPSA) is 78.2 Å². The zero-order chi connectivity index (χ0) is 26.9. The highest BCUT2D eigenvalue weighted by molar-refractivity contribution is 5.83. The zero-order valence-corrected chi connectivity index (χ0v) is 22.4. The molecule has 1 N–H and O–H groups in total. The number of aromatic nitrogens is 5. The SMILES string of the molecule is CCN1CCN(Cc2ccc(Nc3ncc(F)c(-c4cc(F)c5nc(C)n(N6CCCC6)c5c4)n3)nc2)CC1. The van der Waals surface area contributed by atoms with E-state index in [0.29, 0.717) is 22.7 Å². The molecule has 2 aliphatic rings. The number of likely N-dealkylation sites (N-methyl/N-ethyl adjacent to an activating group) is 1. The molecule has 0 unspecified atom stereocenters. The molecule has 11 heteroatoms. The first kappa shape index (κ1) is 25.6. The van der Waals surface area contributed by atoms with Gasteiger partial charge in [-0.25, -0.2) is 33.4 Å². The van der Waals surface area contributed by atoms with Crippen molar-refractivity contribution in [1.82, 2.24) is 34.4 Å². The first-order valence-corrected chi connectivity index (χ1v) is 13.6. The highest BCUT2D eigenvalue weighted by Crippen LogP contribution is 2.29. The smallest absolute Gasteiger partial charge is 0.229 e. The van der Waals surface area contributed by atoms with Crippen LogP contribution >= 0.6 is 0 Å². The van der Waals surface area contributed by atoms with Crippen molar-refractivity contribution < 1.29 is 8.78 Å². The summed E-state index contributed by atoms with van der Waals surface area (Å²) in [4.78, 5) is 22.3. The second-order valence-electron chi connectivity index (χ2n) is 10.2. The number of fused-ring (bicyclic) bond motifs is 1. The molecule has 4 aromatic rings. The Labute approximate surface area is 226 Å². The molecule has 0 spiro atoms. The van der Waals surface area contributed by atoms with Crippen molar-refractivity contribution in [2.45, 2.75) is 33.2 Å². The molecule has 0 bridgehead atoms. The average Bonchev–Trinajstić information content (AvgIpc) is 3.59. The quantitative estimate of drug-likeness (QED) is 0.381. The van der Waals surface area contributed by atoms with Crippen LogP contribution in [0, 0.1) is 18.6 Å². The van der Waals surface area contributed by atoms with Crippen molar-refractivity contribution in [2.24, 2.45) is 0 Å². The van der Waals surface area contributed by atoms with Gasteiger partial charge in [0.05, 0.1) is 11.7 Å². The minimum absolute atomic E-state index is 0.0166. The van der Waals surface area contributed by atoms with E-state index in [0.717, 1.165) is 77.0 Å². The monoisotopic (exact) mass is 533 g/mol. The summed E-state index contributed by atoms with van der Waals surface area (Å²) in [7, 11) is 0. The van der Waals surface area contributed by atoms with Gasteiger partial charge in [0.25, 0.3) is 0 Å². The van der Waals surface area contributed by atoms with E-state index in [-0.39, 0.29) is 17.2 Å². The summed E-state index contributed by atoms with van der Waals surface area (Å²) in [6.45, 7) is 12.0. The fraction of sp³-hybridized carbons (Fsp3) is 0.429. The van der Waals surface area contributed by atoms with E-state index in [4.69, 9.17) is 0 Å². The summed E-state index contributed by atoms with van der Waals surface area (Å²) in [6, 6.07) is 6.93. The maximum Gasteiger partial charge on any atom is 0.229 e. The number of aryl methyl sites for hydroxylation is 1. The van der Waals surface area contributed by atoms with Gasteiger partial charge in [0.15, 0.2) is 11.6 Å². The van der Waals surface area contributed by atoms with Crippen LogP contribution in [-0.4, -0.2) is 80.2 Å². The molecular formula is C28H33F2N9. The summed E-state index contributed by atoms with van der Waals surface area (Å²) < 4.78 is 32.0. The normalized spacial score (nSPS) is 16.9. The largest absolute Gasteiger partial charge is 0.311 e. The van der Waals surface area contributed by atoms with Gasteiger partial charge in [-0.05, 0) is 50.1 Å². The Balaban J connectivity index is 1.22. The first-order valence-electron chi connectivity index (χ1n) is 13.6. The van der Waals surface area contributed by atoms with Crippen LogP contribution in [0.5, 0.6) is 0 Å². The molecule has 2 saturated heterocycles. The van der Waals surface area contributed by atoms with Gasteiger partial charge in [-0.2, -0.15) is 0 Å². The van der Waals surface area contributed by atoms with Crippen LogP contribution in [0.15, 0.2) is 36.7 Å². The molecule has 2 fully saturated rings. The Hall–Kier alpha value is -3.70. The van der Waals surface area contributed by atoms with Gasteiger partial charge in [-0.15, -0.1) is 0 Å². The van der Waals surface area contributed by atoms with Crippen LogP contribution in [0.3, 0.4) is 0 Å². The molecule has 9 nitrogen and oxygen atoms in total. The standard InChI is InChI=1S/C28H33F2N9/c1-3-36-10-12-37(13-11-36)18-20-6-7-25(31-16-20)34-28-32-17-23(30)26(35-28)21-14-22(29)27-24(15-21)39(19(2)33-27)38-8-4-5-9-38/h6-7,14-17H,3-5,8-13,18H2,1-2H3,(H,31,32,34,35). The number of imidazole rings is 1. The summed E-state index contributed by atoms with van der Waals surface area (Å²) in [5.41, 5.74) is 2.34. The number of hydrogen-bond acceptors (Lipinski definition) is 8. The summed E-state index contributed by atoms with van der Waals surface area (Å²) in [6.07, 6.45) is 5.08. The Morgan fingerprint density at radius 3 is 2.36 bits per heavy atom. The third-order valence-electron chi connectivity index (χ3n) is 7.62. The maximum atomic E-state index is 15.1. The van der Waals surface area contributed by atoms with Gasteiger partial charge in [0, 0.05) is 57.6 Å². The predicted molar refractivity (Wildman–Crippen MR) is 148 cm³/mol. The zero-order valence-electron chi connectivity index (χ0n) is 22.4. The van der Waals surface area contributed by atoms with Gasteiger partial charge in [0.1, 0.15) is 22.9 Å². The van der Waals surface area contributed by atoms with Crippen molar-refractivity contribution in [2.75, 3.05) is 56.1 Å². The molecular weight excluding hydrogens is 500 g/mol. The summed E-state index contributed by atoms with van der Waals surface area (Å²) in [5, 5.41) is 5.21. The van der Waals surface area contributed by atoms with Crippen molar-refractivity contribution in [3.05, 3.63) is 59.7 Å². The lowest BCUT2D eigenvalue weighted by molar-refractivity contribution is 0.132. The van der Waals surface area contributed by atoms with E-state index in [1.54, 1.807) is 6.07 Å². The van der Waals surface area contributed by atoms with Crippen molar-refractivity contribution in [3.8, 4) is 11.3 Å². The van der Waals surface area contributed by atoms with Crippen LogP contribution in [0.4, 0.5) is 20.5 Å². The summed E-state index contributed by atoms with van der Waals surface area (Å²) >= 11 is 0. The van der Waals surface area contributed by atoms with Gasteiger partial charge in [0.2, 0.25) is 5.95 Å². The fourth-order valence-corrected chi connectivity index (χ4v) is 5.49. The lowest BCUT2D eigenvalue weighted by atomic mass is 10.1. The molecule has 39 heavy (non-hydrogen) atoms. The number of nitrogens with zero attached hydrogens (tertiary/aromatic N) is 8. The van der Waals surface area contributed by atoms with Crippen LogP contribution < -0.4 is 10.3 Å². The number of nitrogens with one attached hydrogen (secondary N) is 1. The van der Waals surface area contributed by atoms with Gasteiger partial charge in [-0.1, -0.05) is 13.0 Å². The molecule has 0 aliphatic carbocycles. The number of halogens is 2. The third kappa shape index (κ3) is 5.28. The van der Waals surface area contributed by atoms with Crippen LogP contribution in [-0.2, 0) is 6.54 Å². The maximum absolute atomic E-state index is 15.1. The Morgan fingerprint density at radius 1 is 0.872 bits per heavy atom. The highest BCUT2D eigenvalue weighted by Gasteiger charge is 2.22. The van der Waals surface area contributed by atoms with E-state index in [2.05, 4.69) is 47.0 Å². The van der Waals surface area contributed by atoms with Gasteiger partial charge < -0.3 is 15.2 Å². The van der Waals surface area contributed by atoms with E-state index >= 15 is 4.39 Å². The van der Waals surface area contributed by atoms with Crippen molar-refractivity contribution in [1.29, 1.82) is 0 Å². The molecule has 2 aliphatic heterocycles. The molecule has 0 amide bonds. The predicted octanol–water partition coefficient (Wildman–Crippen LogP) is 4.09. The second kappa shape index (κ2) is 10.8. The molecule has 0 saturated carbocycles. The number of hydrogen-bond donors (Lipinski definition) is 1. The lowest BCUT2D eigenvalue weighted by Crippen LogP contribution is -2.45. The minimum Gasteiger partial charge on any atom is -0.311 e. The first-order chi connectivity index (χ1) is 19.0. The van der Waals surface area contributed by atoms with Crippen molar-refractivity contribution >= 4 is 22.8 Å². The minimum atomic E-state index is -0.630. The fourth-order valence-electron chi connectivity index (χ4n) is 5.49. The average molecular weight is 534 g/mol. The van der Waals surface area contributed by atoms with Crippen molar-refractivity contribution in [3.63, 3.8) is 0 Å². The molecule has 204 valence electrons. The molecule has 1 aromatic carbocycles. The van der Waals surface area contributed by atoms with E-state index in [9.17, 15) is 4.39 Å². The highest BCUT2D eigenvalue weighted by atomic mass is 19.1. The number of rotatable bonds is 7. The number of anilines is 2. The lowest BCUT2D eigenvalue weighted by Gasteiger charge is -2.33.